The Morgan fingerprint density at radius 2 is 1.77 bits per heavy atom. The van der Waals surface area contributed by atoms with Crippen LogP contribution in [0.2, 0.25) is 0 Å². The standard InChI is InChI=1S/C23H34N2O5S/c26-23(25-13-11-18-6-3-4-7-19(18)17-25)8-2-1-5-12-24-31(27,28)20-9-10-21-22(16-20)30-15-14-29-21/h9-10,16,18-19,24H,1-8,11-15,17H2/t18-,19-/m0/s1. The molecular formula is C23H34N2O5S. The highest BCUT2D eigenvalue weighted by Gasteiger charge is 2.32. The number of benzene rings is 1. The van der Waals surface area contributed by atoms with Crippen molar-refractivity contribution in [1.82, 2.24) is 9.62 Å². The number of unbranched alkanes of at least 4 members (excludes halogenated alkanes) is 2. The monoisotopic (exact) mass is 450 g/mol. The molecule has 1 saturated heterocycles. The van der Waals surface area contributed by atoms with Gasteiger partial charge in [0.15, 0.2) is 11.5 Å². The Hall–Kier alpha value is -1.80. The topological polar surface area (TPSA) is 84.9 Å². The van der Waals surface area contributed by atoms with Gasteiger partial charge in [-0.15, -0.1) is 0 Å². The van der Waals surface area contributed by atoms with Crippen molar-refractivity contribution in [2.45, 2.75) is 62.7 Å². The molecule has 0 aromatic heterocycles. The first-order valence-corrected chi connectivity index (χ1v) is 13.2. The molecule has 31 heavy (non-hydrogen) atoms. The summed E-state index contributed by atoms with van der Waals surface area (Å²) in [5, 5.41) is 0. The number of sulfonamides is 1. The lowest BCUT2D eigenvalue weighted by Gasteiger charge is -2.41. The number of nitrogens with one attached hydrogen (secondary N) is 1. The van der Waals surface area contributed by atoms with Gasteiger partial charge in [-0.1, -0.05) is 25.7 Å². The number of fused-ring (bicyclic) bond motifs is 2. The van der Waals surface area contributed by atoms with E-state index in [1.807, 2.05) is 0 Å². The number of likely N-dealkylation sites (tertiary alicyclic amines) is 1. The van der Waals surface area contributed by atoms with Crippen LogP contribution in [-0.4, -0.2) is 52.1 Å². The van der Waals surface area contributed by atoms with Gasteiger partial charge in [0, 0.05) is 32.1 Å². The number of amides is 1. The van der Waals surface area contributed by atoms with Crippen molar-refractivity contribution in [1.29, 1.82) is 0 Å². The van der Waals surface area contributed by atoms with E-state index < -0.39 is 10.0 Å². The zero-order chi connectivity index (χ0) is 21.7. The lowest BCUT2D eigenvalue weighted by Crippen LogP contribution is -2.44. The van der Waals surface area contributed by atoms with Gasteiger partial charge >= 0.3 is 0 Å². The zero-order valence-electron chi connectivity index (χ0n) is 18.2. The molecule has 0 unspecified atom stereocenters. The number of carbonyl (C=O) groups excluding carboxylic acids is 1. The van der Waals surface area contributed by atoms with Gasteiger partial charge in [0.25, 0.3) is 0 Å². The third kappa shape index (κ3) is 5.71. The molecule has 2 atom stereocenters. The maximum absolute atomic E-state index is 12.6. The van der Waals surface area contributed by atoms with Crippen LogP contribution in [0.4, 0.5) is 0 Å². The largest absolute Gasteiger partial charge is 0.486 e. The quantitative estimate of drug-likeness (QED) is 0.614. The molecule has 172 valence electrons. The molecule has 1 saturated carbocycles. The summed E-state index contributed by atoms with van der Waals surface area (Å²) in [7, 11) is -3.59. The molecule has 1 N–H and O–H groups in total. The molecule has 1 amide bonds. The number of ether oxygens (including phenoxy) is 2. The van der Waals surface area contributed by atoms with Gasteiger partial charge in [-0.05, 0) is 49.7 Å². The van der Waals surface area contributed by atoms with Crippen LogP contribution < -0.4 is 14.2 Å². The van der Waals surface area contributed by atoms with Crippen LogP contribution >= 0.6 is 0 Å². The molecular weight excluding hydrogens is 416 g/mol. The Morgan fingerprint density at radius 1 is 1.00 bits per heavy atom. The maximum atomic E-state index is 12.6. The summed E-state index contributed by atoms with van der Waals surface area (Å²) in [6.45, 7) is 3.10. The fourth-order valence-corrected chi connectivity index (χ4v) is 6.13. The Bertz CT molecular complexity index is 873. The van der Waals surface area contributed by atoms with Crippen molar-refractivity contribution in [2.24, 2.45) is 11.8 Å². The Kier molecular flexibility index (Phi) is 7.38. The molecule has 2 fully saturated rings. The maximum Gasteiger partial charge on any atom is 0.240 e. The molecule has 2 aliphatic heterocycles. The molecule has 1 aliphatic carbocycles. The normalized spacial score (nSPS) is 23.3. The van der Waals surface area contributed by atoms with Gasteiger partial charge in [0.2, 0.25) is 15.9 Å². The highest BCUT2D eigenvalue weighted by atomic mass is 32.2. The Balaban J connectivity index is 1.14. The summed E-state index contributed by atoms with van der Waals surface area (Å²) in [6, 6.07) is 4.67. The second-order valence-corrected chi connectivity index (χ2v) is 10.7. The highest BCUT2D eigenvalue weighted by molar-refractivity contribution is 7.89. The van der Waals surface area contributed by atoms with Gasteiger partial charge in [-0.25, -0.2) is 13.1 Å². The van der Waals surface area contributed by atoms with Crippen molar-refractivity contribution >= 4 is 15.9 Å². The summed E-state index contributed by atoms with van der Waals surface area (Å²) in [5.41, 5.74) is 0. The molecule has 0 bridgehead atoms. The lowest BCUT2D eigenvalue weighted by atomic mass is 9.75. The molecule has 1 aromatic rings. The molecule has 0 radical (unpaired) electrons. The molecule has 8 heteroatoms. The second-order valence-electron chi connectivity index (χ2n) is 8.95. The minimum Gasteiger partial charge on any atom is -0.486 e. The van der Waals surface area contributed by atoms with E-state index in [1.165, 1.54) is 37.8 Å². The van der Waals surface area contributed by atoms with E-state index in [0.717, 1.165) is 38.3 Å². The van der Waals surface area contributed by atoms with Gasteiger partial charge < -0.3 is 14.4 Å². The van der Waals surface area contributed by atoms with E-state index in [9.17, 15) is 13.2 Å². The number of carbonyl (C=O) groups is 1. The summed E-state index contributed by atoms with van der Waals surface area (Å²) in [5.74, 6) is 2.84. The molecule has 0 spiro atoms. The predicted octanol–water partition coefficient (Wildman–Crippen LogP) is 3.34. The summed E-state index contributed by atoms with van der Waals surface area (Å²) in [4.78, 5) is 14.8. The van der Waals surface area contributed by atoms with Crippen LogP contribution in [0.5, 0.6) is 11.5 Å². The number of hydrogen-bond acceptors (Lipinski definition) is 5. The van der Waals surface area contributed by atoms with Gasteiger partial charge in [0.1, 0.15) is 13.2 Å². The van der Waals surface area contributed by atoms with Crippen molar-refractivity contribution in [3.05, 3.63) is 18.2 Å². The van der Waals surface area contributed by atoms with Crippen molar-refractivity contribution < 1.29 is 22.7 Å². The van der Waals surface area contributed by atoms with E-state index in [1.54, 1.807) is 6.07 Å². The summed E-state index contributed by atoms with van der Waals surface area (Å²) >= 11 is 0. The molecule has 7 nitrogen and oxygen atoms in total. The SMILES string of the molecule is O=C(CCCCCNS(=O)(=O)c1ccc2c(c1)OCCO2)N1CC[C@@H]2CCCC[C@H]2C1. The third-order valence-electron chi connectivity index (χ3n) is 6.83. The van der Waals surface area contributed by atoms with Crippen molar-refractivity contribution in [3.63, 3.8) is 0 Å². The van der Waals surface area contributed by atoms with Crippen LogP contribution in [0.25, 0.3) is 0 Å². The predicted molar refractivity (Wildman–Crippen MR) is 118 cm³/mol. The third-order valence-corrected chi connectivity index (χ3v) is 8.29. The smallest absolute Gasteiger partial charge is 0.240 e. The fraction of sp³-hybridized carbons (Fsp3) is 0.696. The lowest BCUT2D eigenvalue weighted by molar-refractivity contribution is -0.134. The van der Waals surface area contributed by atoms with E-state index >= 15 is 0 Å². The first kappa shape index (κ1) is 22.4. The van der Waals surface area contributed by atoms with Crippen molar-refractivity contribution in [3.8, 4) is 11.5 Å². The van der Waals surface area contributed by atoms with Crippen LogP contribution in [-0.2, 0) is 14.8 Å². The van der Waals surface area contributed by atoms with E-state index in [2.05, 4.69) is 9.62 Å². The average Bonchev–Trinajstić information content (AvgIpc) is 2.80. The summed E-state index contributed by atoms with van der Waals surface area (Å²) < 4.78 is 38.6. The van der Waals surface area contributed by atoms with Gasteiger partial charge in [0.05, 0.1) is 4.90 Å². The number of hydrogen-bond donors (Lipinski definition) is 1. The molecule has 1 aromatic carbocycles. The molecule has 3 aliphatic rings. The molecule has 4 rings (SSSR count). The Morgan fingerprint density at radius 3 is 2.61 bits per heavy atom. The van der Waals surface area contributed by atoms with Crippen molar-refractivity contribution in [2.75, 3.05) is 32.8 Å². The first-order valence-electron chi connectivity index (χ1n) is 11.7. The minimum atomic E-state index is -3.59. The van der Waals surface area contributed by atoms with Crippen LogP contribution in [0, 0.1) is 11.8 Å². The minimum absolute atomic E-state index is 0.179. The fourth-order valence-electron chi connectivity index (χ4n) is 5.04. The first-order chi connectivity index (χ1) is 15.0. The average molecular weight is 451 g/mol. The molecule has 2 heterocycles. The Labute approximate surface area is 185 Å². The van der Waals surface area contributed by atoms with Crippen LogP contribution in [0.3, 0.4) is 0 Å². The number of rotatable bonds is 8. The van der Waals surface area contributed by atoms with Gasteiger partial charge in [-0.3, -0.25) is 4.79 Å². The highest BCUT2D eigenvalue weighted by Crippen LogP contribution is 2.36. The van der Waals surface area contributed by atoms with Crippen LogP contribution in [0.1, 0.15) is 57.8 Å². The van der Waals surface area contributed by atoms with E-state index in [0.29, 0.717) is 50.0 Å². The number of nitrogens with zero attached hydrogens (tertiary/aromatic N) is 1. The number of piperidine rings is 1. The van der Waals surface area contributed by atoms with E-state index in [4.69, 9.17) is 9.47 Å². The zero-order valence-corrected chi connectivity index (χ0v) is 19.0. The second kappa shape index (κ2) is 10.2. The van der Waals surface area contributed by atoms with Crippen LogP contribution in [0.15, 0.2) is 23.1 Å². The summed E-state index contributed by atoms with van der Waals surface area (Å²) in [6.07, 6.45) is 9.35. The van der Waals surface area contributed by atoms with Gasteiger partial charge in [-0.2, -0.15) is 0 Å². The van der Waals surface area contributed by atoms with E-state index in [-0.39, 0.29) is 10.8 Å².